The Bertz CT molecular complexity index is 83.1. The zero-order chi connectivity index (χ0) is 6.95. The Hall–Kier alpha value is -0.0700. The molecule has 0 saturated carbocycles. The zero-order valence-electron chi connectivity index (χ0n) is 5.42. The maximum absolute atomic E-state index is 8.57. The lowest BCUT2D eigenvalue weighted by molar-refractivity contribution is 0.524. The van der Waals surface area contributed by atoms with Gasteiger partial charge in [-0.25, -0.2) is 0 Å². The van der Waals surface area contributed by atoms with Gasteiger partial charge in [-0.3, -0.25) is 4.57 Å². The van der Waals surface area contributed by atoms with Crippen LogP contribution in [0.4, 0.5) is 0 Å². The summed E-state index contributed by atoms with van der Waals surface area (Å²) in [5, 5.41) is 0. The number of hydrogen-bond donors (Lipinski definition) is 1. The minimum atomic E-state index is -1.50. The van der Waals surface area contributed by atoms with Crippen LogP contribution in [-0.4, -0.2) is 4.89 Å². The van der Waals surface area contributed by atoms with Crippen molar-refractivity contribution in [3.8, 4) is 0 Å². The van der Waals surface area contributed by atoms with Crippen LogP contribution in [0.25, 0.3) is 0 Å². The lowest BCUT2D eigenvalue weighted by Crippen LogP contribution is -1.77. The van der Waals surface area contributed by atoms with Gasteiger partial charge in [0.2, 0.25) is 0 Å². The van der Waals surface area contributed by atoms with E-state index in [1.54, 1.807) is 0 Å². The van der Waals surface area contributed by atoms with Gasteiger partial charge in [-0.1, -0.05) is 12.2 Å². The summed E-state index contributed by atoms with van der Waals surface area (Å²) in [5.41, 5.74) is 0. The van der Waals surface area contributed by atoms with Crippen LogP contribution in [-0.2, 0) is 4.57 Å². The van der Waals surface area contributed by atoms with Crippen LogP contribution in [0.15, 0.2) is 12.2 Å². The quantitative estimate of drug-likeness (QED) is 0.420. The lowest BCUT2D eigenvalue weighted by atomic mass is 10.1. The van der Waals surface area contributed by atoms with Crippen LogP contribution in [0, 0.1) is 0 Å². The highest BCUT2D eigenvalue weighted by atomic mass is 31.1. The van der Waals surface area contributed by atoms with Crippen LogP contribution in [0.1, 0.15) is 25.7 Å². The van der Waals surface area contributed by atoms with Gasteiger partial charge in [0.25, 0.3) is 0 Å². The van der Waals surface area contributed by atoms with Gasteiger partial charge in [0.15, 0.2) is 8.69 Å². The van der Waals surface area contributed by atoms with E-state index in [1.165, 1.54) is 25.7 Å². The minimum absolute atomic E-state index is 1.32. The highest BCUT2D eigenvalue weighted by molar-refractivity contribution is 7.16. The van der Waals surface area contributed by atoms with Gasteiger partial charge in [-0.2, -0.15) is 0 Å². The third-order valence-corrected chi connectivity index (χ3v) is 1.16. The van der Waals surface area contributed by atoms with Gasteiger partial charge in [-0.15, -0.1) is 0 Å². The van der Waals surface area contributed by atoms with Crippen molar-refractivity contribution < 1.29 is 9.46 Å². The second kappa shape index (κ2) is 7.93. The van der Waals surface area contributed by atoms with Crippen molar-refractivity contribution >= 4 is 8.69 Å². The van der Waals surface area contributed by atoms with Crippen molar-refractivity contribution in [3.63, 3.8) is 0 Å². The molecule has 1 unspecified atom stereocenters. The summed E-state index contributed by atoms with van der Waals surface area (Å²) in [6, 6.07) is 0. The van der Waals surface area contributed by atoms with E-state index in [2.05, 4.69) is 12.2 Å². The highest BCUT2D eigenvalue weighted by Gasteiger charge is 1.87. The van der Waals surface area contributed by atoms with E-state index in [-0.39, 0.29) is 0 Å². The molecule has 0 aromatic rings. The first-order chi connectivity index (χ1) is 4.41. The topological polar surface area (TPSA) is 37.3 Å². The van der Waals surface area contributed by atoms with Crippen molar-refractivity contribution in [1.29, 1.82) is 0 Å². The zero-order valence-corrected chi connectivity index (χ0v) is 6.57. The average molecular weight is 148 g/mol. The van der Waals surface area contributed by atoms with Crippen molar-refractivity contribution in [3.05, 3.63) is 12.2 Å². The number of hydrogen-bond acceptors (Lipinski definition) is 1. The van der Waals surface area contributed by atoms with E-state index in [0.29, 0.717) is 0 Å². The molecular formula is C6H13O2P. The molecule has 1 N–H and O–H groups in total. The summed E-state index contributed by atoms with van der Waals surface area (Å²) in [7, 11) is -1.50. The molecule has 0 fully saturated rings. The van der Waals surface area contributed by atoms with Crippen LogP contribution in [0.5, 0.6) is 0 Å². The average Bonchev–Trinajstić information content (AvgIpc) is 1.93. The molecule has 1 rings (SSSR count). The summed E-state index contributed by atoms with van der Waals surface area (Å²) in [6.45, 7) is 0. The van der Waals surface area contributed by atoms with Crippen molar-refractivity contribution in [2.45, 2.75) is 25.7 Å². The Morgan fingerprint density at radius 2 is 1.56 bits per heavy atom. The van der Waals surface area contributed by atoms with Crippen molar-refractivity contribution in [2.24, 2.45) is 0 Å². The number of rotatable bonds is 0. The molecule has 0 spiro atoms. The molecule has 2 nitrogen and oxygen atoms in total. The van der Waals surface area contributed by atoms with Crippen LogP contribution >= 0.6 is 8.69 Å². The molecule has 1 aliphatic rings. The molecule has 1 aliphatic carbocycles. The van der Waals surface area contributed by atoms with Crippen molar-refractivity contribution in [1.82, 2.24) is 0 Å². The van der Waals surface area contributed by atoms with Crippen molar-refractivity contribution in [2.75, 3.05) is 0 Å². The Labute approximate surface area is 56.9 Å². The predicted octanol–water partition coefficient (Wildman–Crippen LogP) is 1.77. The second-order valence-corrected chi connectivity index (χ2v) is 2.07. The first kappa shape index (κ1) is 8.93. The summed E-state index contributed by atoms with van der Waals surface area (Å²) in [5.74, 6) is 0. The molecule has 1 atom stereocenters. The largest absolute Gasteiger partial charge is 0.348 e. The monoisotopic (exact) mass is 148 g/mol. The molecule has 0 saturated heterocycles. The molecule has 9 heavy (non-hydrogen) atoms. The molecule has 0 amide bonds. The molecule has 0 heterocycles. The number of allylic oxidation sites excluding steroid dienone is 2. The third-order valence-electron chi connectivity index (χ3n) is 1.16. The predicted molar refractivity (Wildman–Crippen MR) is 40.2 cm³/mol. The molecule has 0 aromatic carbocycles. The fraction of sp³-hybridized carbons (Fsp3) is 0.667. The van der Waals surface area contributed by atoms with E-state index < -0.39 is 8.69 Å². The van der Waals surface area contributed by atoms with Crippen LogP contribution in [0.3, 0.4) is 0 Å². The minimum Gasteiger partial charge on any atom is -0.348 e. The van der Waals surface area contributed by atoms with E-state index >= 15 is 0 Å². The molecule has 54 valence electrons. The maximum atomic E-state index is 8.57. The van der Waals surface area contributed by atoms with Gasteiger partial charge in [0.1, 0.15) is 0 Å². The molecule has 3 heteroatoms. The molecule has 0 radical (unpaired) electrons. The van der Waals surface area contributed by atoms with E-state index in [0.717, 1.165) is 0 Å². The molecule has 0 aliphatic heterocycles. The van der Waals surface area contributed by atoms with E-state index in [9.17, 15) is 0 Å². The van der Waals surface area contributed by atoms with Gasteiger partial charge in [0.05, 0.1) is 0 Å². The lowest BCUT2D eigenvalue weighted by Gasteiger charge is -1.97. The van der Waals surface area contributed by atoms with Gasteiger partial charge >= 0.3 is 0 Å². The summed E-state index contributed by atoms with van der Waals surface area (Å²) in [4.78, 5) is 7.10. The first-order valence-electron chi connectivity index (χ1n) is 3.14. The Morgan fingerprint density at radius 1 is 1.22 bits per heavy atom. The molecular weight excluding hydrogens is 135 g/mol. The Kier molecular flexibility index (Phi) is 7.87. The van der Waals surface area contributed by atoms with Gasteiger partial charge in [-0.05, 0) is 25.7 Å². The fourth-order valence-electron chi connectivity index (χ4n) is 0.760. The normalized spacial score (nSPS) is 17.4. The second-order valence-electron chi connectivity index (χ2n) is 1.86. The standard InChI is InChI=1S/C6H10.H3O2P/c1-2-4-6-5-3-1;1-3-2/h1-2H,3-6H2;3H2,(H,1,2). The SMILES string of the molecule is C1=CCCCC1.O=[PH2]O. The van der Waals surface area contributed by atoms with Gasteiger partial charge < -0.3 is 4.89 Å². The van der Waals surface area contributed by atoms with Crippen LogP contribution in [0.2, 0.25) is 0 Å². The molecule has 0 aromatic heterocycles. The third kappa shape index (κ3) is 7.93. The van der Waals surface area contributed by atoms with Crippen LogP contribution < -0.4 is 0 Å². The van der Waals surface area contributed by atoms with E-state index in [1.807, 2.05) is 0 Å². The maximum Gasteiger partial charge on any atom is 0.177 e. The first-order valence-corrected chi connectivity index (χ1v) is 4.13. The summed E-state index contributed by atoms with van der Waals surface area (Å²) >= 11 is 0. The summed E-state index contributed by atoms with van der Waals surface area (Å²) in [6.07, 6.45) is 10.0. The fourth-order valence-corrected chi connectivity index (χ4v) is 0.760. The highest BCUT2D eigenvalue weighted by Crippen LogP contribution is 2.07. The van der Waals surface area contributed by atoms with Gasteiger partial charge in [0, 0.05) is 0 Å². The Balaban J connectivity index is 0.000000187. The van der Waals surface area contributed by atoms with E-state index in [4.69, 9.17) is 9.46 Å². The summed E-state index contributed by atoms with van der Waals surface area (Å²) < 4.78 is 8.57. The Morgan fingerprint density at radius 3 is 1.67 bits per heavy atom. The molecule has 0 bridgehead atoms. The smallest absolute Gasteiger partial charge is 0.177 e.